The number of aromatic amines is 1. The molecule has 9 heteroatoms. The minimum Gasteiger partial charge on any atom is -0.369 e. The van der Waals surface area contributed by atoms with Crippen LogP contribution in [0.5, 0.6) is 0 Å². The normalized spacial score (nSPS) is 13.3. The molecule has 0 fully saturated rings. The maximum absolute atomic E-state index is 13.9. The average Bonchev–Trinajstić information content (AvgIpc) is 3.50. The Morgan fingerprint density at radius 3 is 2.91 bits per heavy atom. The number of hydrogen-bond donors (Lipinski definition) is 2. The van der Waals surface area contributed by atoms with Crippen LogP contribution < -0.4 is 10.2 Å². The van der Waals surface area contributed by atoms with E-state index in [1.807, 2.05) is 25.4 Å². The number of nitrogens with one attached hydrogen (secondary N) is 2. The molecule has 5 heterocycles. The van der Waals surface area contributed by atoms with Crippen molar-refractivity contribution in [1.82, 2.24) is 29.7 Å². The highest BCUT2D eigenvalue weighted by Crippen LogP contribution is 2.29. The minimum absolute atomic E-state index is 0.409. The third kappa shape index (κ3) is 4.21. The van der Waals surface area contributed by atoms with Gasteiger partial charge in [0, 0.05) is 66.8 Å². The first kappa shape index (κ1) is 21.3. The van der Waals surface area contributed by atoms with Crippen LogP contribution in [0.3, 0.4) is 0 Å². The molecule has 0 atom stereocenters. The summed E-state index contributed by atoms with van der Waals surface area (Å²) in [6.45, 7) is 2.16. The van der Waals surface area contributed by atoms with Crippen molar-refractivity contribution in [2.24, 2.45) is 7.05 Å². The first-order valence-corrected chi connectivity index (χ1v) is 11.7. The Kier molecular flexibility index (Phi) is 5.36. The molecule has 4 aromatic heterocycles. The lowest BCUT2D eigenvalue weighted by molar-refractivity contribution is 0.621. The van der Waals surface area contributed by atoms with Gasteiger partial charge >= 0.3 is 0 Å². The van der Waals surface area contributed by atoms with Crippen LogP contribution in [-0.4, -0.2) is 42.8 Å². The Balaban J connectivity index is 1.30. The van der Waals surface area contributed by atoms with E-state index in [0.29, 0.717) is 17.9 Å². The summed E-state index contributed by atoms with van der Waals surface area (Å²) in [6, 6.07) is 11.7. The fraction of sp³-hybridized carbons (Fsp3) is 0.231. The van der Waals surface area contributed by atoms with E-state index >= 15 is 0 Å². The zero-order valence-corrected chi connectivity index (χ0v) is 19.4. The molecule has 176 valence electrons. The number of anilines is 2. The molecule has 2 N–H and O–H groups in total. The second-order valence-corrected chi connectivity index (χ2v) is 8.77. The van der Waals surface area contributed by atoms with E-state index in [9.17, 15) is 4.39 Å². The van der Waals surface area contributed by atoms with Crippen molar-refractivity contribution in [3.63, 3.8) is 0 Å². The molecular formula is C26H25FN8. The third-order valence-electron chi connectivity index (χ3n) is 6.41. The van der Waals surface area contributed by atoms with Crippen LogP contribution in [0, 0.1) is 5.82 Å². The third-order valence-corrected chi connectivity index (χ3v) is 6.41. The Bertz CT molecular complexity index is 1500. The predicted molar refractivity (Wildman–Crippen MR) is 134 cm³/mol. The largest absolute Gasteiger partial charge is 0.369 e. The maximum atomic E-state index is 13.9. The number of nitrogens with zero attached hydrogens (tertiary/aromatic N) is 6. The predicted octanol–water partition coefficient (Wildman–Crippen LogP) is 4.11. The van der Waals surface area contributed by atoms with Crippen molar-refractivity contribution in [1.29, 1.82) is 0 Å². The Labute approximate surface area is 201 Å². The van der Waals surface area contributed by atoms with Crippen LogP contribution >= 0.6 is 0 Å². The van der Waals surface area contributed by atoms with Crippen molar-refractivity contribution in [2.45, 2.75) is 19.4 Å². The average molecular weight is 469 g/mol. The van der Waals surface area contributed by atoms with Crippen molar-refractivity contribution in [3.05, 3.63) is 83.8 Å². The summed E-state index contributed by atoms with van der Waals surface area (Å²) < 4.78 is 15.7. The van der Waals surface area contributed by atoms with Crippen LogP contribution in [-0.2, 0) is 26.4 Å². The Morgan fingerprint density at radius 1 is 1.14 bits per heavy atom. The topological polar surface area (TPSA) is 87.5 Å². The van der Waals surface area contributed by atoms with Crippen molar-refractivity contribution in [3.8, 4) is 11.4 Å². The van der Waals surface area contributed by atoms with Gasteiger partial charge in [-0.2, -0.15) is 5.10 Å². The van der Waals surface area contributed by atoms with E-state index in [4.69, 9.17) is 9.97 Å². The van der Waals surface area contributed by atoms with Gasteiger partial charge in [0.2, 0.25) is 0 Å². The molecule has 5 aromatic rings. The molecule has 0 saturated carbocycles. The van der Waals surface area contributed by atoms with Gasteiger partial charge in [0.05, 0.1) is 18.4 Å². The summed E-state index contributed by atoms with van der Waals surface area (Å²) in [5.74, 6) is 1.77. The zero-order chi connectivity index (χ0) is 23.8. The fourth-order valence-electron chi connectivity index (χ4n) is 4.66. The van der Waals surface area contributed by atoms with Crippen LogP contribution in [0.25, 0.3) is 22.3 Å². The number of fused-ring (bicyclic) bond motifs is 2. The van der Waals surface area contributed by atoms with Crippen LogP contribution in [0.4, 0.5) is 16.0 Å². The standard InChI is InChI=1S/C26H25FN8/c1-34-10-8-24(33-34)35-11-7-21-23(16-35)31-25(18-12-19(27)15-28-13-18)32-26(21)29-9-6-17-14-30-22-5-3-2-4-20(17)22/h2-5,8,10,12-15,30H,6-7,9,11,16H2,1H3,(H,29,31,32). The van der Waals surface area contributed by atoms with Crippen molar-refractivity contribution >= 4 is 22.5 Å². The van der Waals surface area contributed by atoms with E-state index in [0.717, 1.165) is 54.3 Å². The molecule has 8 nitrogen and oxygen atoms in total. The van der Waals surface area contributed by atoms with Gasteiger partial charge in [-0.25, -0.2) is 14.4 Å². The van der Waals surface area contributed by atoms with E-state index in [-0.39, 0.29) is 0 Å². The Hall–Kier alpha value is -4.27. The number of halogens is 1. The number of hydrogen-bond acceptors (Lipinski definition) is 6. The van der Waals surface area contributed by atoms with Crippen molar-refractivity contribution < 1.29 is 4.39 Å². The molecule has 0 radical (unpaired) electrons. The number of rotatable bonds is 6. The minimum atomic E-state index is -0.409. The van der Waals surface area contributed by atoms with Gasteiger partial charge in [0.15, 0.2) is 11.6 Å². The first-order chi connectivity index (χ1) is 17.1. The van der Waals surface area contributed by atoms with Gasteiger partial charge in [-0.1, -0.05) is 18.2 Å². The highest BCUT2D eigenvalue weighted by atomic mass is 19.1. The molecule has 0 amide bonds. The monoisotopic (exact) mass is 468 g/mol. The van der Waals surface area contributed by atoms with Gasteiger partial charge in [-0.05, 0) is 30.5 Å². The molecule has 1 aromatic carbocycles. The first-order valence-electron chi connectivity index (χ1n) is 11.7. The lowest BCUT2D eigenvalue weighted by atomic mass is 10.0. The molecule has 1 aliphatic rings. The molecular weight excluding hydrogens is 443 g/mol. The van der Waals surface area contributed by atoms with Gasteiger partial charge in [-0.15, -0.1) is 0 Å². The summed E-state index contributed by atoms with van der Waals surface area (Å²) in [5.41, 5.74) is 4.97. The second-order valence-electron chi connectivity index (χ2n) is 8.77. The van der Waals surface area contributed by atoms with Crippen LogP contribution in [0.2, 0.25) is 0 Å². The molecule has 0 bridgehead atoms. The van der Waals surface area contributed by atoms with E-state index < -0.39 is 5.82 Å². The number of aromatic nitrogens is 6. The van der Waals surface area contributed by atoms with Gasteiger partial charge in [0.25, 0.3) is 0 Å². The summed E-state index contributed by atoms with van der Waals surface area (Å²) in [4.78, 5) is 19.2. The summed E-state index contributed by atoms with van der Waals surface area (Å²) >= 11 is 0. The van der Waals surface area contributed by atoms with Crippen molar-refractivity contribution in [2.75, 3.05) is 23.3 Å². The highest BCUT2D eigenvalue weighted by Gasteiger charge is 2.24. The second kappa shape index (κ2) is 8.83. The molecule has 0 saturated heterocycles. The molecule has 0 spiro atoms. The maximum Gasteiger partial charge on any atom is 0.163 e. The zero-order valence-electron chi connectivity index (χ0n) is 19.4. The van der Waals surface area contributed by atoms with E-state index in [1.165, 1.54) is 23.2 Å². The van der Waals surface area contributed by atoms with E-state index in [1.54, 1.807) is 10.9 Å². The molecule has 6 rings (SSSR count). The number of para-hydroxylation sites is 1. The van der Waals surface area contributed by atoms with Crippen LogP contribution in [0.1, 0.15) is 16.8 Å². The number of H-pyrrole nitrogens is 1. The quantitative estimate of drug-likeness (QED) is 0.390. The number of pyridine rings is 1. The number of aryl methyl sites for hydroxylation is 1. The Morgan fingerprint density at radius 2 is 2.06 bits per heavy atom. The highest BCUT2D eigenvalue weighted by molar-refractivity contribution is 5.83. The molecule has 0 unspecified atom stereocenters. The van der Waals surface area contributed by atoms with E-state index in [2.05, 4.69) is 49.7 Å². The summed E-state index contributed by atoms with van der Waals surface area (Å²) in [6.07, 6.45) is 8.43. The van der Waals surface area contributed by atoms with Crippen LogP contribution in [0.15, 0.2) is 61.2 Å². The van der Waals surface area contributed by atoms with Gasteiger partial charge < -0.3 is 15.2 Å². The molecule has 0 aliphatic carbocycles. The number of benzene rings is 1. The van der Waals surface area contributed by atoms with Gasteiger partial charge in [0.1, 0.15) is 11.6 Å². The fourth-order valence-corrected chi connectivity index (χ4v) is 4.66. The van der Waals surface area contributed by atoms with Gasteiger partial charge in [-0.3, -0.25) is 9.67 Å². The summed E-state index contributed by atoms with van der Waals surface area (Å²) in [5, 5.41) is 9.32. The summed E-state index contributed by atoms with van der Waals surface area (Å²) in [7, 11) is 1.91. The lowest BCUT2D eigenvalue weighted by Gasteiger charge is -2.29. The lowest BCUT2D eigenvalue weighted by Crippen LogP contribution is -2.32. The SMILES string of the molecule is Cn1ccc(N2CCc3c(nc(-c4cncc(F)c4)nc3NCCc3c[nH]c4ccccc34)C2)n1. The molecule has 35 heavy (non-hydrogen) atoms. The molecule has 1 aliphatic heterocycles. The smallest absolute Gasteiger partial charge is 0.163 e.